The summed E-state index contributed by atoms with van der Waals surface area (Å²) in [7, 11) is 0. The van der Waals surface area contributed by atoms with Crippen molar-refractivity contribution in [3.63, 3.8) is 0 Å². The molecular weight excluding hydrogens is 544 g/mol. The number of aliphatic hydroxyl groups excluding tert-OH is 2. The number of hydrogen-bond acceptors (Lipinski definition) is 7. The van der Waals surface area contributed by atoms with Crippen molar-refractivity contribution >= 4 is 72.9 Å². The maximum Gasteiger partial charge on any atom is 2.00 e. The van der Waals surface area contributed by atoms with E-state index in [1.807, 2.05) is 13.8 Å². The summed E-state index contributed by atoms with van der Waals surface area (Å²) in [6.45, 7) is 4.00. The van der Waals surface area contributed by atoms with Crippen LogP contribution in [0.3, 0.4) is 0 Å². The second-order valence-corrected chi connectivity index (χ2v) is 9.72. The Hall–Kier alpha value is -2.15. The molecule has 0 radical (unpaired) electrons. The SMILES string of the molecule is CC(C)CC(C(=O)Nc1ccn(C[C@@H](O)C[C@@H](O)CC(=O)O)n1)N1CC(Oc2ccccc2Cl)=CC1=O.[Ca+2].[H-].[H-]. The molecule has 0 saturated carbocycles. The molecule has 3 rings (SSSR count). The van der Waals surface area contributed by atoms with Gasteiger partial charge in [-0.25, -0.2) is 0 Å². The van der Waals surface area contributed by atoms with E-state index >= 15 is 0 Å². The molecule has 3 atom stereocenters. The van der Waals surface area contributed by atoms with Crippen LogP contribution in [0.5, 0.6) is 5.75 Å². The molecule has 2 amide bonds. The second kappa shape index (κ2) is 14.9. The van der Waals surface area contributed by atoms with Gasteiger partial charge in [0.05, 0.1) is 36.7 Å². The number of para-hydroxylation sites is 1. The first kappa shape index (κ1) is 32.1. The average molecular weight is 577 g/mol. The van der Waals surface area contributed by atoms with E-state index in [-0.39, 0.29) is 77.7 Å². The monoisotopic (exact) mass is 576 g/mol. The Bertz CT molecular complexity index is 1170. The van der Waals surface area contributed by atoms with Crippen molar-refractivity contribution in [3.8, 4) is 5.75 Å². The van der Waals surface area contributed by atoms with E-state index in [0.29, 0.717) is 23.0 Å². The van der Waals surface area contributed by atoms with Crippen molar-refractivity contribution < 1.29 is 37.3 Å². The summed E-state index contributed by atoms with van der Waals surface area (Å²) in [5, 5.41) is 35.9. The Kier molecular flexibility index (Phi) is 12.5. The van der Waals surface area contributed by atoms with Crippen molar-refractivity contribution in [2.24, 2.45) is 5.92 Å². The first-order valence-corrected chi connectivity index (χ1v) is 12.3. The van der Waals surface area contributed by atoms with E-state index in [1.54, 1.807) is 30.3 Å². The summed E-state index contributed by atoms with van der Waals surface area (Å²) in [4.78, 5) is 38.1. The van der Waals surface area contributed by atoms with E-state index in [0.717, 1.165) is 0 Å². The fraction of sp³-hybridized carbons (Fsp3) is 0.440. The molecule has 38 heavy (non-hydrogen) atoms. The van der Waals surface area contributed by atoms with Gasteiger partial charge >= 0.3 is 43.7 Å². The number of aromatic nitrogens is 2. The van der Waals surface area contributed by atoms with Crippen LogP contribution in [0.15, 0.2) is 48.4 Å². The molecule has 1 aromatic heterocycles. The molecule has 2 aromatic rings. The van der Waals surface area contributed by atoms with Crippen molar-refractivity contribution in [3.05, 3.63) is 53.4 Å². The number of halogens is 1. The molecule has 1 aromatic carbocycles. The molecule has 0 aliphatic carbocycles. The topological polar surface area (TPSA) is 154 Å². The summed E-state index contributed by atoms with van der Waals surface area (Å²) < 4.78 is 7.17. The number of hydrogen-bond donors (Lipinski definition) is 4. The summed E-state index contributed by atoms with van der Waals surface area (Å²) >= 11 is 6.15. The number of nitrogens with zero attached hydrogens (tertiary/aromatic N) is 3. The summed E-state index contributed by atoms with van der Waals surface area (Å²) in [6, 6.07) is 7.66. The number of benzene rings is 1. The number of aliphatic hydroxyl groups is 2. The largest absolute Gasteiger partial charge is 2.00 e. The van der Waals surface area contributed by atoms with Gasteiger partial charge in [0.1, 0.15) is 17.6 Å². The second-order valence-electron chi connectivity index (χ2n) is 9.31. The maximum absolute atomic E-state index is 13.2. The fourth-order valence-corrected chi connectivity index (χ4v) is 4.13. The van der Waals surface area contributed by atoms with Gasteiger partial charge in [-0.15, -0.1) is 0 Å². The Balaban J connectivity index is 0.00000507. The van der Waals surface area contributed by atoms with E-state index in [4.69, 9.17) is 21.4 Å². The third-order valence-electron chi connectivity index (χ3n) is 5.59. The molecule has 1 aliphatic heterocycles. The zero-order valence-electron chi connectivity index (χ0n) is 23.3. The number of carboxylic acid groups (broad SMARTS) is 1. The van der Waals surface area contributed by atoms with Gasteiger partial charge in [-0.1, -0.05) is 37.6 Å². The van der Waals surface area contributed by atoms with E-state index in [9.17, 15) is 24.6 Å². The Morgan fingerprint density at radius 3 is 2.55 bits per heavy atom. The number of anilines is 1. The van der Waals surface area contributed by atoms with Gasteiger partial charge in [-0.3, -0.25) is 19.1 Å². The Morgan fingerprint density at radius 2 is 1.89 bits per heavy atom. The van der Waals surface area contributed by atoms with E-state index < -0.39 is 36.5 Å². The molecular formula is C25H33CaClN4O7. The van der Waals surface area contributed by atoms with Crippen molar-refractivity contribution in [2.75, 3.05) is 11.9 Å². The van der Waals surface area contributed by atoms with Crippen molar-refractivity contribution in [2.45, 2.75) is 57.9 Å². The molecule has 0 spiro atoms. The van der Waals surface area contributed by atoms with Gasteiger partial charge in [0.15, 0.2) is 5.82 Å². The molecule has 4 N–H and O–H groups in total. The van der Waals surface area contributed by atoms with Crippen LogP contribution in [0.2, 0.25) is 5.02 Å². The standard InChI is InChI=1S/C25H31ClN4O7.Ca.2H/c1-15(2)9-20(30-14-18(12-23(30)33)37-21-6-4-3-5-19(21)26)25(36)27-22-7-8-29(28-22)13-17(32)10-16(31)11-24(34)35;;;/h3-8,12,15-17,20,31-32H,9-11,13-14H2,1-2H3,(H,34,35)(H,27,28,36);;;/q;+2;2*-1/t16-,17+,20?;;;/m1.../s1. The number of amides is 2. The van der Waals surface area contributed by atoms with Crippen LogP contribution >= 0.6 is 11.6 Å². The average Bonchev–Trinajstić information content (AvgIpc) is 3.38. The summed E-state index contributed by atoms with van der Waals surface area (Å²) in [6.07, 6.45) is 0.480. The minimum Gasteiger partial charge on any atom is -1.00 e. The Morgan fingerprint density at radius 1 is 1.18 bits per heavy atom. The number of nitrogens with one attached hydrogen (secondary N) is 1. The van der Waals surface area contributed by atoms with Gasteiger partial charge < -0.3 is 33.1 Å². The van der Waals surface area contributed by atoms with Gasteiger partial charge in [-0.2, -0.15) is 5.10 Å². The van der Waals surface area contributed by atoms with Crippen LogP contribution in [0.1, 0.15) is 36.0 Å². The van der Waals surface area contributed by atoms with Crippen LogP contribution < -0.4 is 10.1 Å². The third kappa shape index (κ3) is 9.55. The molecule has 11 nitrogen and oxygen atoms in total. The van der Waals surface area contributed by atoms with E-state index in [2.05, 4.69) is 10.4 Å². The van der Waals surface area contributed by atoms with Crippen LogP contribution in [-0.2, 0) is 20.9 Å². The zero-order valence-corrected chi connectivity index (χ0v) is 24.3. The van der Waals surface area contributed by atoms with Gasteiger partial charge in [0.2, 0.25) is 5.91 Å². The predicted octanol–water partition coefficient (Wildman–Crippen LogP) is 2.13. The van der Waals surface area contributed by atoms with Gasteiger partial charge in [-0.05, 0) is 24.5 Å². The number of carbonyl (C=O) groups excluding carboxylic acids is 2. The number of carbonyl (C=O) groups is 3. The van der Waals surface area contributed by atoms with Crippen LogP contribution in [0.25, 0.3) is 0 Å². The summed E-state index contributed by atoms with van der Waals surface area (Å²) in [5.74, 6) is -0.796. The Labute approximate surface area is 258 Å². The first-order chi connectivity index (χ1) is 17.5. The predicted molar refractivity (Wildman–Crippen MR) is 143 cm³/mol. The molecule has 13 heteroatoms. The maximum atomic E-state index is 13.2. The number of ether oxygens (including phenoxy) is 1. The quantitative estimate of drug-likeness (QED) is 0.264. The number of rotatable bonds is 13. The minimum absolute atomic E-state index is 0. The smallest absolute Gasteiger partial charge is 1.00 e. The fourth-order valence-electron chi connectivity index (χ4n) is 3.96. The van der Waals surface area contributed by atoms with E-state index in [1.165, 1.54) is 21.9 Å². The zero-order chi connectivity index (χ0) is 27.1. The van der Waals surface area contributed by atoms with Gasteiger partial charge in [0, 0.05) is 24.8 Å². The summed E-state index contributed by atoms with van der Waals surface area (Å²) in [5.41, 5.74) is 0. The number of aliphatic carboxylic acids is 1. The van der Waals surface area contributed by atoms with Crippen LogP contribution in [0, 0.1) is 5.92 Å². The van der Waals surface area contributed by atoms with Crippen LogP contribution in [-0.4, -0.2) is 110 Å². The van der Waals surface area contributed by atoms with Gasteiger partial charge in [0.25, 0.3) is 5.91 Å². The normalized spacial score (nSPS) is 15.5. The first-order valence-electron chi connectivity index (χ1n) is 11.9. The molecule has 204 valence electrons. The molecule has 0 saturated heterocycles. The van der Waals surface area contributed by atoms with Crippen molar-refractivity contribution in [1.82, 2.24) is 14.7 Å². The molecule has 1 unspecified atom stereocenters. The third-order valence-corrected chi connectivity index (χ3v) is 5.90. The molecule has 0 bridgehead atoms. The minimum atomic E-state index is -1.18. The number of carboxylic acids is 1. The molecule has 1 aliphatic rings. The van der Waals surface area contributed by atoms with Crippen molar-refractivity contribution in [1.29, 1.82) is 0 Å². The molecule has 0 fully saturated rings. The molecule has 2 heterocycles. The van der Waals surface area contributed by atoms with Crippen LogP contribution in [0.4, 0.5) is 5.82 Å².